The van der Waals surface area contributed by atoms with Crippen LogP contribution < -0.4 is 5.32 Å². The van der Waals surface area contributed by atoms with Crippen LogP contribution in [0.3, 0.4) is 0 Å². The molecule has 4 nitrogen and oxygen atoms in total. The Balaban J connectivity index is 2.06. The molecule has 1 fully saturated rings. The van der Waals surface area contributed by atoms with Gasteiger partial charge in [-0.3, -0.25) is 0 Å². The zero-order valence-electron chi connectivity index (χ0n) is 13.7. The quantitative estimate of drug-likeness (QED) is 0.782. The van der Waals surface area contributed by atoms with Crippen molar-refractivity contribution in [1.82, 2.24) is 15.3 Å². The topological polar surface area (TPSA) is 47.0 Å². The highest BCUT2D eigenvalue weighted by Crippen LogP contribution is 2.40. The molecule has 1 aromatic rings. The summed E-state index contributed by atoms with van der Waals surface area (Å²) in [5.74, 6) is 1.66. The van der Waals surface area contributed by atoms with Crippen LogP contribution in [0.15, 0.2) is 12.4 Å². The van der Waals surface area contributed by atoms with Crippen LogP contribution in [0.1, 0.15) is 64.3 Å². The highest BCUT2D eigenvalue weighted by molar-refractivity contribution is 5.10. The predicted octanol–water partition coefficient (Wildman–Crippen LogP) is 3.42. The van der Waals surface area contributed by atoms with E-state index in [0.717, 1.165) is 56.3 Å². The minimum Gasteiger partial charge on any atom is -0.367 e. The van der Waals surface area contributed by atoms with Crippen molar-refractivity contribution >= 4 is 0 Å². The summed E-state index contributed by atoms with van der Waals surface area (Å²) in [6.07, 6.45) is 9.51. The molecule has 1 aromatic heterocycles. The molecule has 1 aliphatic rings. The van der Waals surface area contributed by atoms with E-state index in [0.29, 0.717) is 0 Å². The number of aromatic nitrogens is 2. The molecule has 0 spiro atoms. The van der Waals surface area contributed by atoms with E-state index in [1.807, 2.05) is 12.4 Å². The van der Waals surface area contributed by atoms with Gasteiger partial charge in [0.15, 0.2) is 5.82 Å². The van der Waals surface area contributed by atoms with Crippen molar-refractivity contribution in [1.29, 1.82) is 0 Å². The van der Waals surface area contributed by atoms with E-state index in [1.54, 1.807) is 0 Å². The Morgan fingerprint density at radius 1 is 1.24 bits per heavy atom. The van der Waals surface area contributed by atoms with Gasteiger partial charge in [0.1, 0.15) is 5.60 Å². The molecule has 1 N–H and O–H groups in total. The van der Waals surface area contributed by atoms with Crippen LogP contribution in [0, 0.1) is 5.92 Å². The monoisotopic (exact) mass is 291 g/mol. The largest absolute Gasteiger partial charge is 0.367 e. The van der Waals surface area contributed by atoms with Gasteiger partial charge < -0.3 is 10.1 Å². The van der Waals surface area contributed by atoms with Gasteiger partial charge in [-0.1, -0.05) is 13.8 Å². The van der Waals surface area contributed by atoms with Gasteiger partial charge in [-0.25, -0.2) is 9.97 Å². The number of nitrogens with one attached hydrogen (secondary N) is 1. The molecule has 0 atom stereocenters. The summed E-state index contributed by atoms with van der Waals surface area (Å²) in [4.78, 5) is 9.24. The smallest absolute Gasteiger partial charge is 0.160 e. The highest BCUT2D eigenvalue weighted by Gasteiger charge is 2.39. The maximum atomic E-state index is 6.10. The standard InChI is InChI=1S/C17H29N3O/c1-4-10-18-11-15-12-19-16(20-13-15)17(21-5-2)8-6-14(3)7-9-17/h12-14,18H,4-11H2,1-3H3. The van der Waals surface area contributed by atoms with E-state index in [-0.39, 0.29) is 5.60 Å². The molecule has 0 saturated heterocycles. The Bertz CT molecular complexity index is 411. The summed E-state index contributed by atoms with van der Waals surface area (Å²) >= 11 is 0. The van der Waals surface area contributed by atoms with Gasteiger partial charge in [0.25, 0.3) is 0 Å². The summed E-state index contributed by atoms with van der Waals surface area (Å²) in [6, 6.07) is 0. The van der Waals surface area contributed by atoms with Crippen LogP contribution in [0.2, 0.25) is 0 Å². The molecule has 0 amide bonds. The summed E-state index contributed by atoms with van der Waals surface area (Å²) in [6.45, 7) is 9.14. The highest BCUT2D eigenvalue weighted by atomic mass is 16.5. The summed E-state index contributed by atoms with van der Waals surface area (Å²) in [5.41, 5.74) is 0.888. The van der Waals surface area contributed by atoms with Crippen molar-refractivity contribution in [3.05, 3.63) is 23.8 Å². The molecular weight excluding hydrogens is 262 g/mol. The first kappa shape index (κ1) is 16.4. The van der Waals surface area contributed by atoms with Crippen LogP contribution in [-0.4, -0.2) is 23.1 Å². The van der Waals surface area contributed by atoms with Crippen LogP contribution in [0.5, 0.6) is 0 Å². The average Bonchev–Trinajstić information content (AvgIpc) is 2.51. The van der Waals surface area contributed by atoms with Crippen molar-refractivity contribution < 1.29 is 4.74 Å². The minimum atomic E-state index is -0.253. The molecule has 1 saturated carbocycles. The van der Waals surface area contributed by atoms with Gasteiger partial charge in [-0.05, 0) is 51.5 Å². The lowest BCUT2D eigenvalue weighted by Gasteiger charge is -2.37. The number of ether oxygens (including phenoxy) is 1. The van der Waals surface area contributed by atoms with Crippen molar-refractivity contribution in [2.24, 2.45) is 5.92 Å². The third kappa shape index (κ3) is 4.24. The summed E-state index contributed by atoms with van der Waals surface area (Å²) < 4.78 is 6.10. The van der Waals surface area contributed by atoms with E-state index in [1.165, 1.54) is 12.8 Å². The van der Waals surface area contributed by atoms with Gasteiger partial charge in [0.05, 0.1) is 0 Å². The van der Waals surface area contributed by atoms with E-state index >= 15 is 0 Å². The second-order valence-electron chi connectivity index (χ2n) is 6.20. The van der Waals surface area contributed by atoms with Crippen LogP contribution >= 0.6 is 0 Å². The first-order valence-corrected chi connectivity index (χ1v) is 8.36. The van der Waals surface area contributed by atoms with Crippen LogP contribution in [0.25, 0.3) is 0 Å². The zero-order chi connectivity index (χ0) is 15.1. The number of hydrogen-bond donors (Lipinski definition) is 1. The molecule has 0 aliphatic heterocycles. The molecule has 2 rings (SSSR count). The van der Waals surface area contributed by atoms with Gasteiger partial charge in [0, 0.05) is 31.1 Å². The lowest BCUT2D eigenvalue weighted by Crippen LogP contribution is -2.36. The molecule has 0 radical (unpaired) electrons. The Morgan fingerprint density at radius 3 is 2.48 bits per heavy atom. The lowest BCUT2D eigenvalue weighted by molar-refractivity contribution is -0.0837. The SMILES string of the molecule is CCCNCc1cnc(C2(OCC)CCC(C)CC2)nc1. The fraction of sp³-hybridized carbons (Fsp3) is 0.765. The Morgan fingerprint density at radius 2 is 1.90 bits per heavy atom. The zero-order valence-corrected chi connectivity index (χ0v) is 13.7. The normalized spacial score (nSPS) is 26.0. The molecule has 0 aromatic carbocycles. The molecule has 1 heterocycles. The van der Waals surface area contributed by atoms with E-state index in [9.17, 15) is 0 Å². The van der Waals surface area contributed by atoms with Crippen molar-refractivity contribution in [2.75, 3.05) is 13.2 Å². The molecule has 21 heavy (non-hydrogen) atoms. The maximum absolute atomic E-state index is 6.10. The number of rotatable bonds is 7. The fourth-order valence-electron chi connectivity index (χ4n) is 3.03. The van der Waals surface area contributed by atoms with E-state index in [4.69, 9.17) is 4.74 Å². The Hall–Kier alpha value is -1.00. The summed E-state index contributed by atoms with van der Waals surface area (Å²) in [7, 11) is 0. The van der Waals surface area contributed by atoms with E-state index in [2.05, 4.69) is 36.1 Å². The Labute approximate surface area is 128 Å². The third-order valence-electron chi connectivity index (χ3n) is 4.37. The molecule has 4 heteroatoms. The van der Waals surface area contributed by atoms with Crippen molar-refractivity contribution in [3.63, 3.8) is 0 Å². The molecule has 1 aliphatic carbocycles. The molecule has 0 bridgehead atoms. The van der Waals surface area contributed by atoms with Gasteiger partial charge in [0.2, 0.25) is 0 Å². The van der Waals surface area contributed by atoms with E-state index < -0.39 is 0 Å². The molecule has 118 valence electrons. The fourth-order valence-corrected chi connectivity index (χ4v) is 3.03. The van der Waals surface area contributed by atoms with Crippen LogP contribution in [-0.2, 0) is 16.9 Å². The number of hydrogen-bond acceptors (Lipinski definition) is 4. The Kier molecular flexibility index (Phi) is 6.12. The molecular formula is C17H29N3O. The van der Waals surface area contributed by atoms with Crippen molar-refractivity contribution in [3.8, 4) is 0 Å². The predicted molar refractivity (Wildman–Crippen MR) is 85.0 cm³/mol. The first-order valence-electron chi connectivity index (χ1n) is 8.36. The van der Waals surface area contributed by atoms with Gasteiger partial charge >= 0.3 is 0 Å². The average molecular weight is 291 g/mol. The second-order valence-corrected chi connectivity index (χ2v) is 6.20. The third-order valence-corrected chi connectivity index (χ3v) is 4.37. The van der Waals surface area contributed by atoms with Crippen molar-refractivity contribution in [2.45, 2.75) is 65.0 Å². The lowest BCUT2D eigenvalue weighted by atomic mass is 9.79. The number of nitrogens with zero attached hydrogens (tertiary/aromatic N) is 2. The van der Waals surface area contributed by atoms with Crippen LogP contribution in [0.4, 0.5) is 0 Å². The van der Waals surface area contributed by atoms with Gasteiger partial charge in [-0.2, -0.15) is 0 Å². The summed E-state index contributed by atoms with van der Waals surface area (Å²) in [5, 5.41) is 3.38. The maximum Gasteiger partial charge on any atom is 0.160 e. The second kappa shape index (κ2) is 7.85. The first-order chi connectivity index (χ1) is 10.2. The minimum absolute atomic E-state index is 0.253. The molecule has 0 unspecified atom stereocenters. The van der Waals surface area contributed by atoms with Gasteiger partial charge in [-0.15, -0.1) is 0 Å².